The lowest BCUT2D eigenvalue weighted by molar-refractivity contribution is 0.0601. The van der Waals surface area contributed by atoms with E-state index in [1.807, 2.05) is 36.4 Å². The quantitative estimate of drug-likeness (QED) is 0.418. The number of hydrogen-bond donors (Lipinski definition) is 0. The monoisotopic (exact) mass is 317 g/mol. The molecule has 0 aromatic heterocycles. The minimum absolute atomic E-state index is 0.301. The van der Waals surface area contributed by atoms with Crippen molar-refractivity contribution in [2.45, 2.75) is 0 Å². The van der Waals surface area contributed by atoms with Crippen molar-refractivity contribution in [3.8, 4) is 0 Å². The Morgan fingerprint density at radius 3 is 1.57 bits per heavy atom. The summed E-state index contributed by atoms with van der Waals surface area (Å²) in [4.78, 5) is 11.6. The molecule has 3 aromatic rings. The van der Waals surface area contributed by atoms with E-state index in [4.69, 9.17) is 4.74 Å². The molecule has 0 saturated carbocycles. The van der Waals surface area contributed by atoms with Gasteiger partial charge in [-0.3, -0.25) is 0 Å². The van der Waals surface area contributed by atoms with Gasteiger partial charge < -0.3 is 4.74 Å². The van der Waals surface area contributed by atoms with Crippen LogP contribution in [0.3, 0.4) is 0 Å². The summed E-state index contributed by atoms with van der Waals surface area (Å²) >= 11 is 0. The molecule has 0 spiro atoms. The van der Waals surface area contributed by atoms with Crippen molar-refractivity contribution in [1.82, 2.24) is 0 Å². The number of hydrogen-bond acceptors (Lipinski definition) is 2. The highest BCUT2D eigenvalue weighted by Crippen LogP contribution is 2.01. The third kappa shape index (κ3) is 3.41. The van der Waals surface area contributed by atoms with Gasteiger partial charge >= 0.3 is 5.97 Å². The Morgan fingerprint density at radius 1 is 0.696 bits per heavy atom. The van der Waals surface area contributed by atoms with Gasteiger partial charge in [-0.2, -0.15) is 0 Å². The molecule has 0 aliphatic rings. The number of ether oxygens (including phenoxy) is 1. The molecular formula is C20H17O2Si. The summed E-state index contributed by atoms with van der Waals surface area (Å²) in [7, 11) is 0.324. The van der Waals surface area contributed by atoms with Crippen LogP contribution in [0.15, 0.2) is 84.9 Å². The first-order valence-corrected chi connectivity index (χ1v) is 8.96. The smallest absolute Gasteiger partial charge is 0.337 e. The van der Waals surface area contributed by atoms with Gasteiger partial charge in [0.15, 0.2) is 8.80 Å². The van der Waals surface area contributed by atoms with Gasteiger partial charge in [0, 0.05) is 0 Å². The van der Waals surface area contributed by atoms with Gasteiger partial charge in [0.1, 0.15) is 0 Å². The van der Waals surface area contributed by atoms with E-state index in [-0.39, 0.29) is 5.97 Å². The molecule has 0 unspecified atom stereocenters. The van der Waals surface area contributed by atoms with Crippen LogP contribution in [-0.2, 0) is 4.74 Å². The van der Waals surface area contributed by atoms with Crippen LogP contribution in [-0.4, -0.2) is 21.9 Å². The molecule has 3 aromatic carbocycles. The van der Waals surface area contributed by atoms with Gasteiger partial charge in [0.2, 0.25) is 0 Å². The van der Waals surface area contributed by atoms with Gasteiger partial charge in [-0.15, -0.1) is 0 Å². The Hall–Kier alpha value is -2.65. The van der Waals surface area contributed by atoms with Crippen LogP contribution in [0.2, 0.25) is 0 Å². The predicted molar refractivity (Wildman–Crippen MR) is 95.3 cm³/mol. The average molecular weight is 317 g/mol. The molecule has 3 rings (SSSR count). The fourth-order valence-corrected chi connectivity index (χ4v) is 5.15. The van der Waals surface area contributed by atoms with Gasteiger partial charge in [-0.25, -0.2) is 4.79 Å². The number of carbonyl (C=O) groups excluding carboxylic acids is 1. The molecule has 0 amide bonds. The second-order valence-electron chi connectivity index (χ2n) is 5.18. The van der Waals surface area contributed by atoms with E-state index in [0.717, 1.165) is 0 Å². The molecule has 0 heterocycles. The summed E-state index contributed by atoms with van der Waals surface area (Å²) in [5.41, 5.74) is 0.582. The van der Waals surface area contributed by atoms with Crippen LogP contribution in [0.4, 0.5) is 0 Å². The number of benzene rings is 3. The minimum atomic E-state index is -1.08. The molecule has 3 heteroatoms. The van der Waals surface area contributed by atoms with E-state index in [1.165, 1.54) is 22.7 Å². The van der Waals surface area contributed by atoms with Crippen molar-refractivity contribution in [3.63, 3.8) is 0 Å². The lowest BCUT2D eigenvalue weighted by Crippen LogP contribution is -2.51. The van der Waals surface area contributed by atoms with Gasteiger partial charge in [0.25, 0.3) is 0 Å². The Morgan fingerprint density at radius 2 is 1.13 bits per heavy atom. The lowest BCUT2D eigenvalue weighted by Gasteiger charge is -2.16. The molecular weight excluding hydrogens is 300 g/mol. The fourth-order valence-electron chi connectivity index (χ4n) is 2.60. The maximum atomic E-state index is 11.6. The topological polar surface area (TPSA) is 26.3 Å². The van der Waals surface area contributed by atoms with Crippen LogP contribution in [0.5, 0.6) is 0 Å². The molecule has 0 atom stereocenters. The van der Waals surface area contributed by atoms with Crippen LogP contribution < -0.4 is 15.6 Å². The minimum Gasteiger partial charge on any atom is -0.465 e. The Labute approximate surface area is 138 Å². The van der Waals surface area contributed by atoms with Crippen molar-refractivity contribution < 1.29 is 9.53 Å². The summed E-state index contributed by atoms with van der Waals surface area (Å²) in [6.07, 6.45) is 0. The van der Waals surface area contributed by atoms with Crippen LogP contribution in [0.25, 0.3) is 0 Å². The highest BCUT2D eigenvalue weighted by molar-refractivity contribution is 6.95. The van der Waals surface area contributed by atoms with E-state index in [9.17, 15) is 4.79 Å². The van der Waals surface area contributed by atoms with Crippen LogP contribution >= 0.6 is 0 Å². The third-order valence-corrected chi connectivity index (χ3v) is 6.45. The second-order valence-corrected chi connectivity index (χ2v) is 7.66. The van der Waals surface area contributed by atoms with Crippen molar-refractivity contribution in [2.24, 2.45) is 0 Å². The molecule has 0 bridgehead atoms. The molecule has 0 aliphatic heterocycles. The lowest BCUT2D eigenvalue weighted by atomic mass is 10.2. The summed E-state index contributed by atoms with van der Waals surface area (Å²) in [5, 5.41) is 3.91. The van der Waals surface area contributed by atoms with E-state index >= 15 is 0 Å². The largest absolute Gasteiger partial charge is 0.465 e. The van der Waals surface area contributed by atoms with E-state index in [0.29, 0.717) is 5.56 Å². The van der Waals surface area contributed by atoms with Crippen molar-refractivity contribution in [1.29, 1.82) is 0 Å². The molecule has 0 saturated heterocycles. The Balaban J connectivity index is 2.04. The summed E-state index contributed by atoms with van der Waals surface area (Å²) < 4.78 is 4.78. The zero-order valence-electron chi connectivity index (χ0n) is 12.9. The highest BCUT2D eigenvalue weighted by atomic mass is 28.3. The molecule has 2 nitrogen and oxygen atoms in total. The number of rotatable bonds is 4. The Bertz CT molecular complexity index is 728. The van der Waals surface area contributed by atoms with Crippen molar-refractivity contribution >= 4 is 30.3 Å². The number of esters is 1. The molecule has 0 N–H and O–H groups in total. The summed E-state index contributed by atoms with van der Waals surface area (Å²) in [6, 6.07) is 28.9. The maximum absolute atomic E-state index is 11.6. The average Bonchev–Trinajstić information content (AvgIpc) is 2.64. The summed E-state index contributed by atoms with van der Waals surface area (Å²) in [6.45, 7) is 0. The summed E-state index contributed by atoms with van der Waals surface area (Å²) in [5.74, 6) is -0.301. The number of carbonyl (C=O) groups is 1. The first kappa shape index (κ1) is 15.3. The first-order chi connectivity index (χ1) is 11.3. The number of methoxy groups -OCH3 is 1. The van der Waals surface area contributed by atoms with Gasteiger partial charge in [0.05, 0.1) is 12.7 Å². The van der Waals surface area contributed by atoms with Crippen LogP contribution in [0.1, 0.15) is 10.4 Å². The SMILES string of the molecule is COC(=O)c1ccc([Si](c2ccccc2)c2ccccc2)cc1. The maximum Gasteiger partial charge on any atom is 0.337 e. The van der Waals surface area contributed by atoms with E-state index < -0.39 is 8.80 Å². The van der Waals surface area contributed by atoms with E-state index in [2.05, 4.69) is 48.5 Å². The highest BCUT2D eigenvalue weighted by Gasteiger charge is 2.19. The molecule has 23 heavy (non-hydrogen) atoms. The predicted octanol–water partition coefficient (Wildman–Crippen LogP) is 1.99. The van der Waals surface area contributed by atoms with E-state index in [1.54, 1.807) is 0 Å². The van der Waals surface area contributed by atoms with Gasteiger partial charge in [-0.1, -0.05) is 88.4 Å². The third-order valence-electron chi connectivity index (χ3n) is 3.72. The van der Waals surface area contributed by atoms with Crippen molar-refractivity contribution in [2.75, 3.05) is 7.11 Å². The molecule has 113 valence electrons. The normalized spacial score (nSPS) is 10.5. The first-order valence-electron chi connectivity index (χ1n) is 7.46. The van der Waals surface area contributed by atoms with Crippen LogP contribution in [0, 0.1) is 0 Å². The van der Waals surface area contributed by atoms with Crippen molar-refractivity contribution in [3.05, 3.63) is 90.5 Å². The second kappa shape index (κ2) is 7.07. The molecule has 1 radical (unpaired) electrons. The van der Waals surface area contributed by atoms with Gasteiger partial charge in [-0.05, 0) is 12.1 Å². The molecule has 0 aliphatic carbocycles. The zero-order valence-corrected chi connectivity index (χ0v) is 13.9. The standard InChI is InChI=1S/C20H17O2Si/c1-22-20(21)16-12-14-19(15-13-16)23(17-8-4-2-5-9-17)18-10-6-3-7-11-18/h2-15H,1H3. The zero-order chi connectivity index (χ0) is 16.1. The fraction of sp³-hybridized carbons (Fsp3) is 0.0500. The Kier molecular flexibility index (Phi) is 4.69. The molecule has 0 fully saturated rings.